The fourth-order valence-electron chi connectivity index (χ4n) is 3.09. The highest BCUT2D eigenvalue weighted by Crippen LogP contribution is 2.38. The molecule has 0 spiro atoms. The highest BCUT2D eigenvalue weighted by Gasteiger charge is 2.15. The van der Waals surface area contributed by atoms with Crippen molar-refractivity contribution < 1.29 is 7.16 Å². The largest absolute Gasteiger partial charge is 0.456 e. The topological polar surface area (TPSA) is 30.4 Å². The van der Waals surface area contributed by atoms with E-state index in [1.54, 1.807) is 19.9 Å². The molecule has 0 atom stereocenters. The minimum atomic E-state index is -0.874. The number of nitrogens with zero attached hydrogens (tertiary/aromatic N) is 2. The Morgan fingerprint density at radius 1 is 1.12 bits per heavy atom. The van der Waals surface area contributed by atoms with Gasteiger partial charge in [-0.1, -0.05) is 44.2 Å². The monoisotopic (exact) mass is 328 g/mol. The average Bonchev–Trinajstić information content (AvgIpc) is 3.00. The molecule has 0 aliphatic carbocycles. The van der Waals surface area contributed by atoms with Gasteiger partial charge < -0.3 is 4.42 Å². The van der Waals surface area contributed by atoms with E-state index in [0.717, 1.165) is 21.9 Å². The van der Waals surface area contributed by atoms with E-state index in [0.29, 0.717) is 28.1 Å². The van der Waals surface area contributed by atoms with Gasteiger partial charge in [0.05, 0.1) is 13.6 Å². The zero-order valence-electron chi connectivity index (χ0n) is 16.3. The van der Waals surface area contributed by atoms with E-state index in [9.17, 15) is 0 Å². The van der Waals surface area contributed by atoms with E-state index in [2.05, 4.69) is 9.83 Å². The molecule has 4 aromatic rings. The summed E-state index contributed by atoms with van der Waals surface area (Å²) in [6.07, 6.45) is 0.104. The van der Waals surface area contributed by atoms with Crippen LogP contribution in [-0.2, 0) is 0 Å². The molecule has 122 valence electrons. The lowest BCUT2D eigenvalue weighted by Crippen LogP contribution is -1.90. The van der Waals surface area contributed by atoms with Crippen LogP contribution in [0.5, 0.6) is 0 Å². The van der Waals surface area contributed by atoms with Crippen molar-refractivity contribution in [3.8, 4) is 11.3 Å². The third kappa shape index (κ3) is 2.38. The van der Waals surface area contributed by atoms with Crippen molar-refractivity contribution in [2.45, 2.75) is 26.7 Å². The van der Waals surface area contributed by atoms with Gasteiger partial charge in [-0.15, -0.1) is 0 Å². The maximum absolute atomic E-state index is 8.22. The summed E-state index contributed by atoms with van der Waals surface area (Å²) in [6.45, 7) is 12.7. The number of rotatable bonds is 2. The number of pyridine rings is 1. The molecule has 0 bridgehead atoms. The maximum atomic E-state index is 8.22. The van der Waals surface area contributed by atoms with Gasteiger partial charge in [-0.3, -0.25) is 4.98 Å². The van der Waals surface area contributed by atoms with Crippen molar-refractivity contribution in [1.29, 1.82) is 0 Å². The quantitative estimate of drug-likeness (QED) is 0.387. The van der Waals surface area contributed by atoms with E-state index < -0.39 is 5.89 Å². The fraction of sp³-hybridized carbons (Fsp3) is 0.182. The first-order valence-electron chi connectivity index (χ1n) is 9.12. The number of furan rings is 1. The minimum Gasteiger partial charge on any atom is -0.456 e. The van der Waals surface area contributed by atoms with Gasteiger partial charge in [0, 0.05) is 23.9 Å². The Morgan fingerprint density at radius 2 is 1.92 bits per heavy atom. The average molecular weight is 328 g/mol. The van der Waals surface area contributed by atoms with E-state index in [1.165, 1.54) is 0 Å². The summed E-state index contributed by atoms with van der Waals surface area (Å²) in [7, 11) is 0. The fourth-order valence-corrected chi connectivity index (χ4v) is 3.09. The van der Waals surface area contributed by atoms with E-state index in [-0.39, 0.29) is 6.17 Å². The second-order valence-corrected chi connectivity index (χ2v) is 6.34. The van der Waals surface area contributed by atoms with Gasteiger partial charge in [0.25, 0.3) is 0 Å². The number of fused-ring (bicyclic) bond motifs is 3. The molecule has 0 radical (unpaired) electrons. The molecule has 0 saturated carbocycles. The van der Waals surface area contributed by atoms with Gasteiger partial charge in [-0.25, -0.2) is 4.85 Å². The van der Waals surface area contributed by atoms with Crippen LogP contribution in [0.25, 0.3) is 38.0 Å². The summed E-state index contributed by atoms with van der Waals surface area (Å²) in [6, 6.07) is 13.2. The second kappa shape index (κ2) is 5.75. The highest BCUT2D eigenvalue weighted by atomic mass is 16.3. The summed E-state index contributed by atoms with van der Waals surface area (Å²) in [5.41, 5.74) is 4.84. The van der Waals surface area contributed by atoms with Crippen LogP contribution in [0.15, 0.2) is 53.1 Å². The molecule has 0 saturated heterocycles. The molecule has 4 rings (SSSR count). The Kier molecular flexibility index (Phi) is 3.04. The Bertz CT molecular complexity index is 1240. The van der Waals surface area contributed by atoms with Crippen molar-refractivity contribution in [3.63, 3.8) is 0 Å². The van der Waals surface area contributed by atoms with Crippen molar-refractivity contribution >= 4 is 27.6 Å². The zero-order valence-corrected chi connectivity index (χ0v) is 14.3. The molecular formula is C22H18N2O. The van der Waals surface area contributed by atoms with E-state index in [1.807, 2.05) is 43.3 Å². The molecule has 0 unspecified atom stereocenters. The van der Waals surface area contributed by atoms with Gasteiger partial charge in [0.2, 0.25) is 0 Å². The first-order chi connectivity index (χ1) is 12.8. The molecule has 3 heteroatoms. The molecule has 2 aromatic heterocycles. The zero-order chi connectivity index (χ0) is 19.3. The van der Waals surface area contributed by atoms with Crippen LogP contribution in [0.4, 0.5) is 5.69 Å². The Labute approximate surface area is 149 Å². The summed E-state index contributed by atoms with van der Waals surface area (Å²) in [5, 5.41) is 1.92. The second-order valence-electron chi connectivity index (χ2n) is 6.34. The van der Waals surface area contributed by atoms with Crippen molar-refractivity contribution in [1.82, 2.24) is 4.98 Å². The molecule has 0 aliphatic rings. The van der Waals surface area contributed by atoms with Gasteiger partial charge in [-0.05, 0) is 36.1 Å². The van der Waals surface area contributed by atoms with Crippen LogP contribution in [0, 0.1) is 13.5 Å². The summed E-state index contributed by atoms with van der Waals surface area (Å²) in [5.74, 6) is -0.874. The standard InChI is InChI=1S/C22H18N2O/c1-13(2)15-8-10-20(24-12-15)18-7-5-6-16-17-9-11-19(23-4)14(3)21(17)25-22(16)18/h5-13H,1-3H3/i12D,13D. The number of para-hydroxylation sites is 1. The molecule has 2 heterocycles. The third-order valence-electron chi connectivity index (χ3n) is 4.53. The SMILES string of the molecule is [2H]c1nc(-c2cccc3c2oc2c(C)c([N+]#[C-])ccc23)ccc1C([2H])(C)C. The van der Waals surface area contributed by atoms with Crippen molar-refractivity contribution in [2.24, 2.45) is 0 Å². The Balaban J connectivity index is 1.98. The Hall–Kier alpha value is -3.12. The number of aryl methyl sites for hydroxylation is 1. The molecule has 0 fully saturated rings. The number of hydrogen-bond donors (Lipinski definition) is 0. The van der Waals surface area contributed by atoms with Crippen LogP contribution in [0.2, 0.25) is 0 Å². The molecule has 2 aromatic carbocycles. The van der Waals surface area contributed by atoms with Crippen LogP contribution in [0.3, 0.4) is 0 Å². The van der Waals surface area contributed by atoms with Gasteiger partial charge in [-0.2, -0.15) is 0 Å². The first kappa shape index (κ1) is 13.2. The predicted molar refractivity (Wildman–Crippen MR) is 102 cm³/mol. The maximum Gasteiger partial charge on any atom is 0.193 e. The lowest BCUT2D eigenvalue weighted by Gasteiger charge is -2.06. The molecule has 0 N–H and O–H groups in total. The van der Waals surface area contributed by atoms with Gasteiger partial charge in [0.15, 0.2) is 5.69 Å². The van der Waals surface area contributed by atoms with Crippen molar-refractivity contribution in [2.75, 3.05) is 0 Å². The number of benzene rings is 2. The van der Waals surface area contributed by atoms with Crippen LogP contribution in [0.1, 0.15) is 33.6 Å². The lowest BCUT2D eigenvalue weighted by molar-refractivity contribution is 0.667. The smallest absolute Gasteiger partial charge is 0.193 e. The molecule has 0 amide bonds. The number of aromatic nitrogens is 1. The normalized spacial score (nSPS) is 12.9. The summed E-state index contributed by atoms with van der Waals surface area (Å²) in [4.78, 5) is 7.97. The number of hydrogen-bond acceptors (Lipinski definition) is 2. The van der Waals surface area contributed by atoms with Crippen LogP contribution in [-0.4, -0.2) is 4.98 Å². The predicted octanol–water partition coefficient (Wildman–Crippen LogP) is 6.63. The van der Waals surface area contributed by atoms with Gasteiger partial charge in [0.1, 0.15) is 11.2 Å². The minimum absolute atomic E-state index is 0.104. The lowest BCUT2D eigenvalue weighted by atomic mass is 10.0. The molecular weight excluding hydrogens is 308 g/mol. The van der Waals surface area contributed by atoms with E-state index in [4.69, 9.17) is 13.7 Å². The van der Waals surface area contributed by atoms with Gasteiger partial charge >= 0.3 is 0 Å². The Morgan fingerprint density at radius 3 is 2.64 bits per heavy atom. The third-order valence-corrected chi connectivity index (χ3v) is 4.53. The first-order valence-corrected chi connectivity index (χ1v) is 8.12. The molecule has 0 aliphatic heterocycles. The van der Waals surface area contributed by atoms with Crippen LogP contribution >= 0.6 is 0 Å². The molecule has 25 heavy (non-hydrogen) atoms. The van der Waals surface area contributed by atoms with Crippen molar-refractivity contribution in [3.05, 3.63) is 71.2 Å². The summed E-state index contributed by atoms with van der Waals surface area (Å²) >= 11 is 0. The van der Waals surface area contributed by atoms with Crippen LogP contribution < -0.4 is 0 Å². The summed E-state index contributed by atoms with van der Waals surface area (Å²) < 4.78 is 22.5. The van der Waals surface area contributed by atoms with E-state index >= 15 is 0 Å². The highest BCUT2D eigenvalue weighted by molar-refractivity contribution is 6.10. The molecule has 3 nitrogen and oxygen atoms in total.